The van der Waals surface area contributed by atoms with Gasteiger partial charge in [-0.05, 0) is 31.7 Å². The van der Waals surface area contributed by atoms with Crippen LogP contribution < -0.4 is 10.2 Å². The maximum absolute atomic E-state index is 4.74. The van der Waals surface area contributed by atoms with E-state index in [1.165, 1.54) is 0 Å². The highest BCUT2D eigenvalue weighted by Crippen LogP contribution is 2.27. The van der Waals surface area contributed by atoms with Gasteiger partial charge in [0.2, 0.25) is 5.95 Å². The van der Waals surface area contributed by atoms with Crippen molar-refractivity contribution in [3.8, 4) is 0 Å². The molecule has 0 amide bonds. The van der Waals surface area contributed by atoms with Crippen molar-refractivity contribution >= 4 is 34.4 Å². The number of hydrogen-bond donors (Lipinski definition) is 1. The summed E-state index contributed by atoms with van der Waals surface area (Å²) in [6.45, 7) is 5.11. The van der Waals surface area contributed by atoms with E-state index >= 15 is 0 Å². The first-order valence-corrected chi connectivity index (χ1v) is 8.83. The first-order valence-electron chi connectivity index (χ1n) is 7.43. The van der Waals surface area contributed by atoms with Crippen LogP contribution in [0.25, 0.3) is 10.9 Å². The molecule has 1 aromatic heterocycles. The molecule has 1 atom stereocenters. The van der Waals surface area contributed by atoms with Crippen molar-refractivity contribution < 1.29 is 0 Å². The number of thioether (sulfide) groups is 1. The zero-order valence-corrected chi connectivity index (χ0v) is 14.1. The lowest BCUT2D eigenvalue weighted by Crippen LogP contribution is -2.34. The second-order valence-corrected chi connectivity index (χ2v) is 5.96. The lowest BCUT2D eigenvalue weighted by molar-refractivity contribution is 0.668. The van der Waals surface area contributed by atoms with Gasteiger partial charge in [0.05, 0.1) is 5.52 Å². The van der Waals surface area contributed by atoms with Gasteiger partial charge in [0, 0.05) is 30.8 Å². The molecule has 0 saturated heterocycles. The molecule has 1 unspecified atom stereocenters. The average Bonchev–Trinajstić information content (AvgIpc) is 2.51. The van der Waals surface area contributed by atoms with Crippen LogP contribution in [0.15, 0.2) is 24.3 Å². The van der Waals surface area contributed by atoms with E-state index in [2.05, 4.69) is 48.4 Å². The van der Waals surface area contributed by atoms with Crippen LogP contribution in [0.5, 0.6) is 0 Å². The number of hydrogen-bond acceptors (Lipinski definition) is 5. The Kier molecular flexibility index (Phi) is 5.67. The van der Waals surface area contributed by atoms with Crippen molar-refractivity contribution in [3.05, 3.63) is 24.3 Å². The fourth-order valence-corrected chi connectivity index (χ4v) is 3.28. The van der Waals surface area contributed by atoms with Crippen LogP contribution in [0.1, 0.15) is 20.3 Å². The molecule has 5 heteroatoms. The van der Waals surface area contributed by atoms with E-state index in [-0.39, 0.29) is 0 Å². The molecule has 2 aromatic rings. The van der Waals surface area contributed by atoms with Crippen molar-refractivity contribution in [2.45, 2.75) is 26.3 Å². The van der Waals surface area contributed by atoms with E-state index < -0.39 is 0 Å². The van der Waals surface area contributed by atoms with Gasteiger partial charge >= 0.3 is 0 Å². The lowest BCUT2D eigenvalue weighted by atomic mass is 10.2. The van der Waals surface area contributed by atoms with Crippen molar-refractivity contribution in [3.63, 3.8) is 0 Å². The molecule has 4 nitrogen and oxygen atoms in total. The molecule has 1 heterocycles. The smallest absolute Gasteiger partial charge is 0.225 e. The predicted molar refractivity (Wildman–Crippen MR) is 94.6 cm³/mol. The zero-order valence-electron chi connectivity index (χ0n) is 13.3. The van der Waals surface area contributed by atoms with Crippen LogP contribution in [0.4, 0.5) is 11.8 Å². The quantitative estimate of drug-likeness (QED) is 0.846. The fourth-order valence-electron chi connectivity index (χ4n) is 2.43. The fraction of sp³-hybridized carbons (Fsp3) is 0.500. The van der Waals surface area contributed by atoms with Crippen LogP contribution in [-0.2, 0) is 0 Å². The van der Waals surface area contributed by atoms with Gasteiger partial charge in [-0.1, -0.05) is 19.1 Å². The van der Waals surface area contributed by atoms with Gasteiger partial charge in [-0.15, -0.1) is 0 Å². The number of nitrogens with one attached hydrogen (secondary N) is 1. The summed E-state index contributed by atoms with van der Waals surface area (Å²) >= 11 is 1.88. The van der Waals surface area contributed by atoms with E-state index in [4.69, 9.17) is 4.98 Å². The molecule has 0 fully saturated rings. The molecule has 114 valence electrons. The predicted octanol–water partition coefficient (Wildman–Crippen LogP) is 3.64. The number of benzene rings is 1. The van der Waals surface area contributed by atoms with E-state index in [9.17, 15) is 0 Å². The minimum atomic E-state index is 0.479. The average molecular weight is 304 g/mol. The molecule has 21 heavy (non-hydrogen) atoms. The third kappa shape index (κ3) is 3.59. The molecular formula is C16H24N4S. The number of anilines is 2. The normalized spacial score (nSPS) is 12.4. The molecule has 0 radical (unpaired) electrons. The second kappa shape index (κ2) is 7.50. The van der Waals surface area contributed by atoms with Gasteiger partial charge in [-0.2, -0.15) is 16.7 Å². The molecule has 1 aromatic carbocycles. The molecule has 0 aliphatic rings. The van der Waals surface area contributed by atoms with Crippen molar-refractivity contribution in [2.24, 2.45) is 0 Å². The van der Waals surface area contributed by atoms with Gasteiger partial charge in [0.15, 0.2) is 0 Å². The van der Waals surface area contributed by atoms with E-state index in [1.54, 1.807) is 0 Å². The Morgan fingerprint density at radius 3 is 2.67 bits per heavy atom. The minimum Gasteiger partial charge on any atom is -0.355 e. The maximum atomic E-state index is 4.74. The first kappa shape index (κ1) is 15.9. The molecule has 0 saturated carbocycles. The Hall–Kier alpha value is -1.49. The molecule has 2 rings (SSSR count). The van der Waals surface area contributed by atoms with Crippen molar-refractivity contribution in [1.29, 1.82) is 0 Å². The molecule has 0 aliphatic carbocycles. The van der Waals surface area contributed by atoms with Crippen LogP contribution in [0, 0.1) is 0 Å². The molecule has 0 aliphatic heterocycles. The van der Waals surface area contributed by atoms with Gasteiger partial charge in [0.1, 0.15) is 5.82 Å². The van der Waals surface area contributed by atoms with E-state index in [0.717, 1.165) is 35.4 Å². The molecular weight excluding hydrogens is 280 g/mol. The highest BCUT2D eigenvalue weighted by Gasteiger charge is 2.17. The standard InChI is InChI=1S/C16H24N4S/c1-5-12(11-21-4)20(3)15-13-9-7-8-10-14(13)18-16(19-15)17-6-2/h7-10,12H,5-6,11H2,1-4H3,(H,17,18,19). The Labute approximate surface area is 131 Å². The van der Waals surface area contributed by atoms with Crippen LogP contribution in [0.2, 0.25) is 0 Å². The van der Waals surface area contributed by atoms with Gasteiger partial charge in [-0.3, -0.25) is 0 Å². The Morgan fingerprint density at radius 1 is 1.24 bits per heavy atom. The number of aromatic nitrogens is 2. The molecule has 0 spiro atoms. The number of para-hydroxylation sites is 1. The zero-order chi connectivity index (χ0) is 15.2. The largest absolute Gasteiger partial charge is 0.355 e. The van der Waals surface area contributed by atoms with Gasteiger partial charge in [-0.25, -0.2) is 4.98 Å². The highest BCUT2D eigenvalue weighted by molar-refractivity contribution is 7.98. The monoisotopic (exact) mass is 304 g/mol. The SMILES string of the molecule is CCNc1nc(N(C)C(CC)CSC)c2ccccc2n1. The summed E-state index contributed by atoms with van der Waals surface area (Å²) < 4.78 is 0. The van der Waals surface area contributed by atoms with Gasteiger partial charge in [0.25, 0.3) is 0 Å². The van der Waals surface area contributed by atoms with Crippen LogP contribution in [0.3, 0.4) is 0 Å². The summed E-state index contributed by atoms with van der Waals surface area (Å²) in [7, 11) is 2.13. The highest BCUT2D eigenvalue weighted by atomic mass is 32.2. The number of rotatable bonds is 7. The van der Waals surface area contributed by atoms with Crippen LogP contribution >= 0.6 is 11.8 Å². The lowest BCUT2D eigenvalue weighted by Gasteiger charge is -2.29. The topological polar surface area (TPSA) is 41.1 Å². The van der Waals surface area contributed by atoms with Crippen molar-refractivity contribution in [1.82, 2.24) is 9.97 Å². The summed E-state index contributed by atoms with van der Waals surface area (Å²) in [5.41, 5.74) is 0.990. The summed E-state index contributed by atoms with van der Waals surface area (Å²) in [6.07, 6.45) is 3.25. The van der Waals surface area contributed by atoms with E-state index in [0.29, 0.717) is 12.0 Å². The Balaban J connectivity index is 2.49. The summed E-state index contributed by atoms with van der Waals surface area (Å²) in [5.74, 6) is 2.82. The maximum Gasteiger partial charge on any atom is 0.225 e. The third-order valence-corrected chi connectivity index (χ3v) is 4.35. The Bertz CT molecular complexity index is 587. The number of nitrogens with zero attached hydrogens (tertiary/aromatic N) is 3. The molecule has 1 N–H and O–H groups in total. The molecule has 0 bridgehead atoms. The summed E-state index contributed by atoms with van der Waals surface area (Å²) in [4.78, 5) is 11.6. The van der Waals surface area contributed by atoms with Crippen LogP contribution in [-0.4, -0.2) is 41.6 Å². The minimum absolute atomic E-state index is 0.479. The van der Waals surface area contributed by atoms with Gasteiger partial charge < -0.3 is 10.2 Å². The summed E-state index contributed by atoms with van der Waals surface area (Å²) in [6, 6.07) is 8.69. The third-order valence-electron chi connectivity index (χ3n) is 3.63. The first-order chi connectivity index (χ1) is 10.2. The van der Waals surface area contributed by atoms with Crippen molar-refractivity contribution in [2.75, 3.05) is 35.8 Å². The number of fused-ring (bicyclic) bond motifs is 1. The van der Waals surface area contributed by atoms with E-state index in [1.807, 2.05) is 30.0 Å². The second-order valence-electron chi connectivity index (χ2n) is 5.05. The Morgan fingerprint density at radius 2 is 2.00 bits per heavy atom. The summed E-state index contributed by atoms with van der Waals surface area (Å²) in [5, 5.41) is 4.34.